The Morgan fingerprint density at radius 3 is 2.22 bits per heavy atom. The Hall–Kier alpha value is -2.17. The minimum Gasteiger partial charge on any atom is -0.505 e. The van der Waals surface area contributed by atoms with E-state index in [1.165, 1.54) is 19.2 Å². The van der Waals surface area contributed by atoms with Gasteiger partial charge in [-0.1, -0.05) is 0 Å². The van der Waals surface area contributed by atoms with Crippen LogP contribution >= 0.6 is 0 Å². The first kappa shape index (κ1) is 12.3. The van der Waals surface area contributed by atoms with Crippen LogP contribution in [0.15, 0.2) is 30.3 Å². The zero-order valence-electron chi connectivity index (χ0n) is 9.38. The summed E-state index contributed by atoms with van der Waals surface area (Å²) in [5, 5.41) is 8.99. The van der Waals surface area contributed by atoms with Gasteiger partial charge in [-0.2, -0.15) is 4.39 Å². The standard InChI is InChI=1S/C13H9F3O2/c1-18-7-2-3-8(10(14)6-7)9-4-5-11(17)13(16)12(9)15/h2-6,17H,1H3. The molecular formula is C13H9F3O2. The molecule has 0 aliphatic rings. The number of hydrogen-bond donors (Lipinski definition) is 1. The lowest BCUT2D eigenvalue weighted by Gasteiger charge is -2.08. The van der Waals surface area contributed by atoms with E-state index < -0.39 is 23.2 Å². The average molecular weight is 254 g/mol. The molecule has 2 aromatic rings. The van der Waals surface area contributed by atoms with Crippen LogP contribution < -0.4 is 4.74 Å². The molecule has 0 saturated carbocycles. The van der Waals surface area contributed by atoms with Crippen molar-refractivity contribution in [2.24, 2.45) is 0 Å². The number of aromatic hydroxyl groups is 1. The number of rotatable bonds is 2. The van der Waals surface area contributed by atoms with Gasteiger partial charge in [0, 0.05) is 17.2 Å². The van der Waals surface area contributed by atoms with Crippen molar-refractivity contribution in [3.63, 3.8) is 0 Å². The van der Waals surface area contributed by atoms with E-state index in [4.69, 9.17) is 9.84 Å². The molecule has 5 heteroatoms. The maximum absolute atomic E-state index is 13.7. The van der Waals surface area contributed by atoms with E-state index in [0.717, 1.165) is 18.2 Å². The zero-order valence-corrected chi connectivity index (χ0v) is 9.38. The van der Waals surface area contributed by atoms with Crippen molar-refractivity contribution >= 4 is 0 Å². The summed E-state index contributed by atoms with van der Waals surface area (Å²) in [6, 6.07) is 5.86. The number of methoxy groups -OCH3 is 1. The van der Waals surface area contributed by atoms with E-state index in [9.17, 15) is 13.2 Å². The summed E-state index contributed by atoms with van der Waals surface area (Å²) in [6.07, 6.45) is 0. The molecular weight excluding hydrogens is 245 g/mol. The SMILES string of the molecule is COc1ccc(-c2ccc(O)c(F)c2F)c(F)c1. The summed E-state index contributed by atoms with van der Waals surface area (Å²) in [7, 11) is 1.37. The predicted molar refractivity (Wildman–Crippen MR) is 60.0 cm³/mol. The van der Waals surface area contributed by atoms with E-state index >= 15 is 0 Å². The van der Waals surface area contributed by atoms with Gasteiger partial charge in [-0.3, -0.25) is 0 Å². The van der Waals surface area contributed by atoms with Gasteiger partial charge in [0.2, 0.25) is 5.82 Å². The van der Waals surface area contributed by atoms with Crippen LogP contribution in [0.4, 0.5) is 13.2 Å². The van der Waals surface area contributed by atoms with E-state index in [1.54, 1.807) is 0 Å². The topological polar surface area (TPSA) is 29.5 Å². The molecule has 0 heterocycles. The van der Waals surface area contributed by atoms with Crippen molar-refractivity contribution in [2.75, 3.05) is 7.11 Å². The molecule has 0 bridgehead atoms. The zero-order chi connectivity index (χ0) is 13.3. The fourth-order valence-electron chi connectivity index (χ4n) is 1.59. The molecule has 0 aliphatic heterocycles. The molecule has 0 unspecified atom stereocenters. The summed E-state index contributed by atoms with van der Waals surface area (Å²) in [4.78, 5) is 0. The van der Waals surface area contributed by atoms with Gasteiger partial charge in [0.25, 0.3) is 0 Å². The van der Waals surface area contributed by atoms with Crippen molar-refractivity contribution in [3.05, 3.63) is 47.8 Å². The minimum absolute atomic E-state index is 0.104. The highest BCUT2D eigenvalue weighted by Crippen LogP contribution is 2.32. The van der Waals surface area contributed by atoms with Gasteiger partial charge in [-0.05, 0) is 24.3 Å². The third-order valence-electron chi connectivity index (χ3n) is 2.53. The fourth-order valence-corrected chi connectivity index (χ4v) is 1.59. The molecule has 0 fully saturated rings. The molecule has 0 radical (unpaired) electrons. The number of phenolic OH excluding ortho intramolecular Hbond substituents is 1. The Bertz CT molecular complexity index is 597. The summed E-state index contributed by atoms with van der Waals surface area (Å²) < 4.78 is 45.3. The van der Waals surface area contributed by atoms with Gasteiger partial charge in [0.05, 0.1) is 7.11 Å². The third kappa shape index (κ3) is 1.99. The van der Waals surface area contributed by atoms with Crippen LogP contribution in [0.3, 0.4) is 0 Å². The van der Waals surface area contributed by atoms with Crippen LogP contribution in [0.2, 0.25) is 0 Å². The van der Waals surface area contributed by atoms with Gasteiger partial charge in [0.1, 0.15) is 11.6 Å². The van der Waals surface area contributed by atoms with E-state index in [2.05, 4.69) is 0 Å². The first-order valence-corrected chi connectivity index (χ1v) is 5.05. The number of benzene rings is 2. The van der Waals surface area contributed by atoms with Gasteiger partial charge in [0.15, 0.2) is 11.6 Å². The second kappa shape index (κ2) is 4.60. The molecule has 0 saturated heterocycles. The molecule has 0 amide bonds. The molecule has 1 N–H and O–H groups in total. The van der Waals surface area contributed by atoms with Gasteiger partial charge < -0.3 is 9.84 Å². The maximum atomic E-state index is 13.7. The molecule has 2 nitrogen and oxygen atoms in total. The number of ether oxygens (including phenoxy) is 1. The smallest absolute Gasteiger partial charge is 0.200 e. The summed E-state index contributed by atoms with van der Waals surface area (Å²) in [5.41, 5.74) is -0.363. The monoisotopic (exact) mass is 254 g/mol. The second-order valence-electron chi connectivity index (χ2n) is 3.61. The van der Waals surface area contributed by atoms with Crippen LogP contribution in [0, 0.1) is 17.5 Å². The van der Waals surface area contributed by atoms with Crippen LogP contribution in [0.25, 0.3) is 11.1 Å². The van der Waals surface area contributed by atoms with Crippen molar-refractivity contribution < 1.29 is 23.0 Å². The first-order valence-electron chi connectivity index (χ1n) is 5.05. The van der Waals surface area contributed by atoms with Crippen molar-refractivity contribution in [2.45, 2.75) is 0 Å². The Morgan fingerprint density at radius 2 is 1.61 bits per heavy atom. The minimum atomic E-state index is -1.40. The summed E-state index contributed by atoms with van der Waals surface area (Å²) >= 11 is 0. The molecule has 2 aromatic carbocycles. The molecule has 0 atom stereocenters. The lowest BCUT2D eigenvalue weighted by molar-refractivity contribution is 0.407. The highest BCUT2D eigenvalue weighted by molar-refractivity contribution is 5.66. The average Bonchev–Trinajstić information content (AvgIpc) is 2.37. The van der Waals surface area contributed by atoms with Crippen molar-refractivity contribution in [1.82, 2.24) is 0 Å². The van der Waals surface area contributed by atoms with Gasteiger partial charge in [-0.25, -0.2) is 8.78 Å². The molecule has 0 aliphatic carbocycles. The number of halogens is 3. The Balaban J connectivity index is 2.59. The lowest BCUT2D eigenvalue weighted by atomic mass is 10.0. The molecule has 94 valence electrons. The van der Waals surface area contributed by atoms with Crippen LogP contribution in [-0.2, 0) is 0 Å². The number of hydrogen-bond acceptors (Lipinski definition) is 2. The molecule has 2 rings (SSSR count). The third-order valence-corrected chi connectivity index (χ3v) is 2.53. The molecule has 18 heavy (non-hydrogen) atoms. The number of phenols is 1. The second-order valence-corrected chi connectivity index (χ2v) is 3.61. The molecule has 0 aromatic heterocycles. The van der Waals surface area contributed by atoms with Gasteiger partial charge >= 0.3 is 0 Å². The van der Waals surface area contributed by atoms with E-state index in [1.807, 2.05) is 0 Å². The Morgan fingerprint density at radius 1 is 0.944 bits per heavy atom. The normalized spacial score (nSPS) is 10.4. The Kier molecular flexibility index (Phi) is 3.14. The maximum Gasteiger partial charge on any atom is 0.200 e. The van der Waals surface area contributed by atoms with Crippen LogP contribution in [0.1, 0.15) is 0 Å². The lowest BCUT2D eigenvalue weighted by Crippen LogP contribution is -1.93. The highest BCUT2D eigenvalue weighted by Gasteiger charge is 2.17. The summed E-state index contributed by atoms with van der Waals surface area (Å²) in [6.45, 7) is 0. The van der Waals surface area contributed by atoms with Crippen LogP contribution in [0.5, 0.6) is 11.5 Å². The van der Waals surface area contributed by atoms with E-state index in [-0.39, 0.29) is 16.9 Å². The Labute approximate surface area is 101 Å². The van der Waals surface area contributed by atoms with Crippen molar-refractivity contribution in [1.29, 1.82) is 0 Å². The quantitative estimate of drug-likeness (QED) is 0.888. The summed E-state index contributed by atoms with van der Waals surface area (Å²) in [5.74, 6) is -3.97. The first-order chi connectivity index (χ1) is 8.54. The van der Waals surface area contributed by atoms with Crippen LogP contribution in [-0.4, -0.2) is 12.2 Å². The fraction of sp³-hybridized carbons (Fsp3) is 0.0769. The largest absolute Gasteiger partial charge is 0.505 e. The predicted octanol–water partition coefficient (Wildman–Crippen LogP) is 3.49. The van der Waals surface area contributed by atoms with Gasteiger partial charge in [-0.15, -0.1) is 0 Å². The molecule has 0 spiro atoms. The highest BCUT2D eigenvalue weighted by atomic mass is 19.2. The van der Waals surface area contributed by atoms with Crippen molar-refractivity contribution in [3.8, 4) is 22.6 Å². The van der Waals surface area contributed by atoms with E-state index in [0.29, 0.717) is 0 Å².